The Hall–Kier alpha value is -7.67. The first kappa shape index (κ1) is 38.3. The lowest BCUT2D eigenvalue weighted by Gasteiger charge is -2.33. The van der Waals surface area contributed by atoms with E-state index in [9.17, 15) is 0 Å². The predicted molar refractivity (Wildman–Crippen MR) is 260 cm³/mol. The number of hydrogen-bond acceptors (Lipinski definition) is 5. The molecule has 5 nitrogen and oxygen atoms in total. The Morgan fingerprint density at radius 2 is 0.841 bits per heavy atom. The zero-order chi connectivity index (χ0) is 42.5. The molecule has 1 aliphatic rings. The molecule has 0 amide bonds. The van der Waals surface area contributed by atoms with Gasteiger partial charge in [0, 0.05) is 41.5 Å². The van der Waals surface area contributed by atoms with E-state index in [0.29, 0.717) is 17.5 Å². The lowest BCUT2D eigenvalue weighted by atomic mass is 9.68. The molecule has 7 aromatic carbocycles. The molecule has 0 N–H and O–H groups in total. The summed E-state index contributed by atoms with van der Waals surface area (Å²) in [4.78, 5) is 24.5. The van der Waals surface area contributed by atoms with Gasteiger partial charge in [-0.15, -0.1) is 0 Å². The fourth-order valence-corrected chi connectivity index (χ4v) is 11.2. The molecule has 300 valence electrons. The number of rotatable bonds is 8. The topological polar surface area (TPSA) is 64.5 Å². The Bertz CT molecular complexity index is 3210. The molecule has 1 aliphatic carbocycles. The molecule has 0 unspecified atom stereocenters. The Kier molecular flexibility index (Phi) is 9.32. The van der Waals surface area contributed by atoms with Gasteiger partial charge in [-0.3, -0.25) is 9.97 Å². The van der Waals surface area contributed by atoms with Crippen molar-refractivity contribution in [2.75, 3.05) is 0 Å². The summed E-state index contributed by atoms with van der Waals surface area (Å²) in [7, 11) is -1.61. The number of fused-ring (bicyclic) bond motifs is 4. The molecule has 0 radical (unpaired) electrons. The maximum absolute atomic E-state index is 5.06. The molecular formula is C57H43N5Si. The van der Waals surface area contributed by atoms with Gasteiger partial charge in [-0.05, 0) is 96.7 Å². The third-order valence-corrected chi connectivity index (χ3v) is 14.6. The maximum Gasteiger partial charge on any atom is 0.164 e. The number of benzene rings is 7. The Balaban J connectivity index is 1.10. The van der Waals surface area contributed by atoms with Crippen molar-refractivity contribution in [1.29, 1.82) is 0 Å². The van der Waals surface area contributed by atoms with Gasteiger partial charge in [-0.2, -0.15) is 0 Å². The molecule has 0 atom stereocenters. The molecule has 3 heterocycles. The van der Waals surface area contributed by atoms with Gasteiger partial charge in [-0.25, -0.2) is 15.0 Å². The minimum absolute atomic E-state index is 0.621. The Labute approximate surface area is 369 Å². The highest BCUT2D eigenvalue weighted by Gasteiger charge is 2.47. The standard InChI is InChI=1S/C57H43N5Si/c1-63(2,3)53-30-29-46(47-23-10-11-24-50(47)53)42-26-28-49-48-27-25-41(34-51(48)57(52(49)35-42,44-21-13-31-58-36-44)45-22-14-32-59-37-45)40-19-12-20-43(33-40)56-61-54(38-15-6-4-7-16-38)60-55(62-56)39-17-8-5-9-18-39/h4-37H,1-3H3. The van der Waals surface area contributed by atoms with Gasteiger partial charge in [0.2, 0.25) is 0 Å². The van der Waals surface area contributed by atoms with E-state index in [1.165, 1.54) is 49.3 Å². The van der Waals surface area contributed by atoms with Crippen LogP contribution in [0.3, 0.4) is 0 Å². The summed E-state index contributed by atoms with van der Waals surface area (Å²) >= 11 is 0. The van der Waals surface area contributed by atoms with Crippen LogP contribution in [-0.4, -0.2) is 33.0 Å². The van der Waals surface area contributed by atoms with Crippen LogP contribution >= 0.6 is 0 Å². The average Bonchev–Trinajstić information content (AvgIpc) is 3.64. The van der Waals surface area contributed by atoms with Gasteiger partial charge in [0.1, 0.15) is 0 Å². The third-order valence-electron chi connectivity index (χ3n) is 12.5. The molecular weight excluding hydrogens is 783 g/mol. The second-order valence-corrected chi connectivity index (χ2v) is 22.4. The van der Waals surface area contributed by atoms with E-state index in [4.69, 9.17) is 24.9 Å². The molecule has 6 heteroatoms. The molecule has 63 heavy (non-hydrogen) atoms. The van der Waals surface area contributed by atoms with E-state index >= 15 is 0 Å². The number of hydrogen-bond donors (Lipinski definition) is 0. The van der Waals surface area contributed by atoms with Crippen molar-refractivity contribution in [3.63, 3.8) is 0 Å². The maximum atomic E-state index is 5.06. The van der Waals surface area contributed by atoms with Crippen molar-refractivity contribution < 1.29 is 0 Å². The summed E-state index contributed by atoms with van der Waals surface area (Å²) in [5.74, 6) is 1.89. The Morgan fingerprint density at radius 1 is 0.365 bits per heavy atom. The summed E-state index contributed by atoms with van der Waals surface area (Å²) in [5.41, 5.74) is 13.7. The molecule has 0 spiro atoms. The quantitative estimate of drug-likeness (QED) is 0.143. The van der Waals surface area contributed by atoms with Crippen LogP contribution in [-0.2, 0) is 5.41 Å². The number of pyridine rings is 2. The molecule has 0 saturated heterocycles. The van der Waals surface area contributed by atoms with Crippen LogP contribution in [0.4, 0.5) is 0 Å². The summed E-state index contributed by atoms with van der Waals surface area (Å²) in [6, 6.07) is 65.0. The van der Waals surface area contributed by atoms with Crippen LogP contribution in [0.25, 0.3) is 78.3 Å². The molecule has 0 aliphatic heterocycles. The highest BCUT2D eigenvalue weighted by atomic mass is 28.3. The van der Waals surface area contributed by atoms with Crippen LogP contribution in [0.2, 0.25) is 19.6 Å². The minimum Gasteiger partial charge on any atom is -0.264 e. The van der Waals surface area contributed by atoms with Crippen LogP contribution < -0.4 is 5.19 Å². The first-order chi connectivity index (χ1) is 30.9. The average molecular weight is 826 g/mol. The summed E-state index contributed by atoms with van der Waals surface area (Å²) in [6.45, 7) is 7.29. The van der Waals surface area contributed by atoms with Crippen molar-refractivity contribution in [1.82, 2.24) is 24.9 Å². The lowest BCUT2D eigenvalue weighted by Crippen LogP contribution is -2.38. The van der Waals surface area contributed by atoms with E-state index < -0.39 is 13.5 Å². The number of nitrogens with zero attached hydrogens (tertiary/aromatic N) is 5. The van der Waals surface area contributed by atoms with Crippen LogP contribution in [0.5, 0.6) is 0 Å². The first-order valence-corrected chi connectivity index (χ1v) is 25.0. The lowest BCUT2D eigenvalue weighted by molar-refractivity contribution is 0.758. The summed E-state index contributed by atoms with van der Waals surface area (Å²) in [6.07, 6.45) is 7.77. The van der Waals surface area contributed by atoms with Crippen molar-refractivity contribution in [2.45, 2.75) is 25.1 Å². The molecule has 0 fully saturated rings. The largest absolute Gasteiger partial charge is 0.264 e. The van der Waals surface area contributed by atoms with E-state index in [0.717, 1.165) is 38.9 Å². The minimum atomic E-state index is -1.61. The third kappa shape index (κ3) is 6.58. The number of aromatic nitrogens is 5. The van der Waals surface area contributed by atoms with Gasteiger partial charge in [0.25, 0.3) is 0 Å². The van der Waals surface area contributed by atoms with E-state index in [2.05, 4.69) is 129 Å². The second kappa shape index (κ2) is 15.3. The van der Waals surface area contributed by atoms with Gasteiger partial charge in [-0.1, -0.05) is 176 Å². The van der Waals surface area contributed by atoms with Crippen LogP contribution in [0.1, 0.15) is 22.3 Å². The fraction of sp³-hybridized carbons (Fsp3) is 0.0702. The normalized spacial score (nSPS) is 12.8. The van der Waals surface area contributed by atoms with Crippen molar-refractivity contribution in [3.8, 4) is 67.5 Å². The van der Waals surface area contributed by atoms with Crippen molar-refractivity contribution in [3.05, 3.63) is 229 Å². The highest BCUT2D eigenvalue weighted by molar-refractivity contribution is 6.90. The van der Waals surface area contributed by atoms with Gasteiger partial charge >= 0.3 is 0 Å². The second-order valence-electron chi connectivity index (χ2n) is 17.3. The van der Waals surface area contributed by atoms with E-state index in [1.54, 1.807) is 0 Å². The van der Waals surface area contributed by atoms with Gasteiger partial charge < -0.3 is 0 Å². The molecule has 10 aromatic rings. The van der Waals surface area contributed by atoms with Crippen molar-refractivity contribution >= 4 is 24.0 Å². The van der Waals surface area contributed by atoms with Crippen molar-refractivity contribution in [2.24, 2.45) is 0 Å². The molecule has 0 saturated carbocycles. The Morgan fingerprint density at radius 3 is 1.41 bits per heavy atom. The zero-order valence-electron chi connectivity index (χ0n) is 35.4. The van der Waals surface area contributed by atoms with Crippen LogP contribution in [0, 0.1) is 0 Å². The van der Waals surface area contributed by atoms with Gasteiger partial charge in [0.15, 0.2) is 17.5 Å². The monoisotopic (exact) mass is 825 g/mol. The summed E-state index contributed by atoms with van der Waals surface area (Å²) < 4.78 is 0. The smallest absolute Gasteiger partial charge is 0.164 e. The van der Waals surface area contributed by atoms with Crippen LogP contribution in [0.15, 0.2) is 207 Å². The zero-order valence-corrected chi connectivity index (χ0v) is 36.4. The molecule has 11 rings (SSSR count). The molecule has 0 bridgehead atoms. The fourth-order valence-electron chi connectivity index (χ4n) is 9.61. The van der Waals surface area contributed by atoms with E-state index in [-0.39, 0.29) is 0 Å². The highest BCUT2D eigenvalue weighted by Crippen LogP contribution is 2.57. The van der Waals surface area contributed by atoms with E-state index in [1.807, 2.05) is 97.6 Å². The summed E-state index contributed by atoms with van der Waals surface area (Å²) in [5, 5.41) is 4.12. The van der Waals surface area contributed by atoms with Gasteiger partial charge in [0.05, 0.1) is 13.5 Å². The molecule has 3 aromatic heterocycles. The predicted octanol–water partition coefficient (Wildman–Crippen LogP) is 13.1. The SMILES string of the molecule is C[Si](C)(C)c1ccc(-c2ccc3c(c2)C(c2cccnc2)(c2cccnc2)c2cc(-c4cccc(-c5nc(-c6ccccc6)nc(-c6ccccc6)n5)c4)ccc2-3)c2ccccc12. The first-order valence-electron chi connectivity index (χ1n) is 21.5.